The molecule has 4 saturated carbocycles. The second-order valence-electron chi connectivity index (χ2n) is 14.0. The predicted octanol–water partition coefficient (Wildman–Crippen LogP) is 1.40. The summed E-state index contributed by atoms with van der Waals surface area (Å²) in [5.41, 5.74) is 8.17. The van der Waals surface area contributed by atoms with Crippen LogP contribution in [0.4, 0.5) is 0 Å². The lowest BCUT2D eigenvalue weighted by molar-refractivity contribution is -0.145. The lowest BCUT2D eigenvalue weighted by atomic mass is 9.80. The van der Waals surface area contributed by atoms with Crippen LogP contribution >= 0.6 is 0 Å². The first-order chi connectivity index (χ1) is 19.8. The fraction of sp³-hybridized carbons (Fsp3) is 0.839. The van der Waals surface area contributed by atoms with Gasteiger partial charge in [-0.1, -0.05) is 32.6 Å². The average Bonchev–Trinajstić information content (AvgIpc) is 3.60. The van der Waals surface area contributed by atoms with Gasteiger partial charge in [-0.25, -0.2) is 0 Å². The van der Waals surface area contributed by atoms with Crippen molar-refractivity contribution in [2.75, 3.05) is 0 Å². The van der Waals surface area contributed by atoms with E-state index < -0.39 is 52.8 Å². The van der Waals surface area contributed by atoms with Crippen LogP contribution in [0.15, 0.2) is 0 Å². The van der Waals surface area contributed by atoms with Crippen molar-refractivity contribution in [1.29, 1.82) is 0 Å². The summed E-state index contributed by atoms with van der Waals surface area (Å²) in [5.74, 6) is -3.19. The van der Waals surface area contributed by atoms with Crippen molar-refractivity contribution in [3.8, 4) is 0 Å². The van der Waals surface area contributed by atoms with E-state index in [9.17, 15) is 29.1 Å². The smallest absolute Gasteiger partial charge is 0.251 e. The number of fused-ring (bicyclic) bond motifs is 2. The molecule has 0 aromatic rings. The fourth-order valence-electron chi connectivity index (χ4n) is 7.85. The normalized spacial score (nSPS) is 28.8. The highest BCUT2D eigenvalue weighted by Gasteiger charge is 2.57. The maximum atomic E-state index is 13.8. The van der Waals surface area contributed by atoms with Gasteiger partial charge < -0.3 is 32.5 Å². The molecule has 236 valence electrons. The highest BCUT2D eigenvalue weighted by molar-refractivity contribution is 5.95. The van der Waals surface area contributed by atoms with Crippen LogP contribution in [0.25, 0.3) is 0 Å². The molecular formula is C31H51N5O6. The topological polar surface area (TPSA) is 194 Å². The van der Waals surface area contributed by atoms with Crippen LogP contribution in [0.3, 0.4) is 0 Å². The van der Waals surface area contributed by atoms with E-state index in [-0.39, 0.29) is 35.5 Å². The lowest BCUT2D eigenvalue weighted by Gasteiger charge is -2.38. The third kappa shape index (κ3) is 6.60. The molecule has 0 aromatic carbocycles. The molecule has 0 heterocycles. The van der Waals surface area contributed by atoms with Gasteiger partial charge in [-0.05, 0) is 88.9 Å². The number of aliphatic hydroxyl groups is 1. The van der Waals surface area contributed by atoms with Crippen LogP contribution in [0, 0.1) is 35.0 Å². The van der Waals surface area contributed by atoms with Crippen LogP contribution in [0.2, 0.25) is 0 Å². The maximum absolute atomic E-state index is 13.8. The number of hydrogen-bond donors (Lipinski definition) is 6. The second kappa shape index (κ2) is 12.9. The van der Waals surface area contributed by atoms with Gasteiger partial charge in [-0.15, -0.1) is 0 Å². The van der Waals surface area contributed by atoms with Crippen molar-refractivity contribution >= 4 is 29.5 Å². The monoisotopic (exact) mass is 589 g/mol. The number of carbonyl (C=O) groups excluding carboxylic acids is 5. The number of hydrogen-bond acceptors (Lipinski definition) is 6. The molecule has 42 heavy (non-hydrogen) atoms. The third-order valence-corrected chi connectivity index (χ3v) is 10.7. The Morgan fingerprint density at radius 3 is 2.10 bits per heavy atom. The molecule has 0 spiro atoms. The molecule has 4 aliphatic carbocycles. The quantitative estimate of drug-likeness (QED) is 0.177. The lowest BCUT2D eigenvalue weighted by Crippen LogP contribution is -2.64. The molecule has 0 aliphatic heterocycles. The van der Waals surface area contributed by atoms with E-state index in [1.54, 1.807) is 13.8 Å². The summed E-state index contributed by atoms with van der Waals surface area (Å²) in [6.07, 6.45) is 10.4. The van der Waals surface area contributed by atoms with Gasteiger partial charge in [0.1, 0.15) is 6.04 Å². The van der Waals surface area contributed by atoms with Gasteiger partial charge in [0.25, 0.3) is 5.91 Å². The zero-order valence-corrected chi connectivity index (χ0v) is 25.5. The highest BCUT2D eigenvalue weighted by atomic mass is 16.3. The molecule has 2 bridgehead atoms. The van der Waals surface area contributed by atoms with Crippen molar-refractivity contribution in [3.05, 3.63) is 0 Å². The SMILES string of the molecule is CCCC(NC(=O)C1C2CCC(C2)C1NC(=O)C(NC(=O)CC1CCCCC1)C(C)(C)C(N)=O)C(O)(C(N)=O)C1CC1. The largest absolute Gasteiger partial charge is 0.378 e. The number of rotatable bonds is 14. The van der Waals surface area contributed by atoms with Crippen molar-refractivity contribution in [1.82, 2.24) is 16.0 Å². The minimum atomic E-state index is -1.82. The summed E-state index contributed by atoms with van der Waals surface area (Å²) in [5, 5.41) is 20.1. The Morgan fingerprint density at radius 2 is 1.52 bits per heavy atom. The molecule has 5 amide bonds. The number of nitrogens with two attached hydrogens (primary N) is 2. The molecular weight excluding hydrogens is 538 g/mol. The fourth-order valence-corrected chi connectivity index (χ4v) is 7.85. The predicted molar refractivity (Wildman–Crippen MR) is 156 cm³/mol. The maximum Gasteiger partial charge on any atom is 0.251 e. The molecule has 8 N–H and O–H groups in total. The zero-order chi connectivity index (χ0) is 30.8. The molecule has 7 atom stereocenters. The molecule has 0 radical (unpaired) electrons. The standard InChI is InChI=1S/C31H51N5O6/c1-4-8-21(31(42,29(33)41)20-13-14-20)34-26(38)23-18-11-12-19(16-18)24(23)36-27(39)25(30(2,3)28(32)40)35-22(37)15-17-9-6-5-7-10-17/h17-21,23-25,42H,4-16H2,1-3H3,(H2,32,40)(H2,33,41)(H,34,38)(H,35,37)(H,36,39). The summed E-state index contributed by atoms with van der Waals surface area (Å²) in [6, 6.07) is -2.53. The Kier molecular flexibility index (Phi) is 9.89. The van der Waals surface area contributed by atoms with Crippen LogP contribution in [-0.4, -0.2) is 58.4 Å². The second-order valence-corrected chi connectivity index (χ2v) is 14.0. The molecule has 11 nitrogen and oxygen atoms in total. The Hall–Kier alpha value is -2.69. The van der Waals surface area contributed by atoms with Gasteiger partial charge in [0.15, 0.2) is 5.60 Å². The van der Waals surface area contributed by atoms with Crippen molar-refractivity contribution in [2.45, 2.75) is 128 Å². The Balaban J connectivity index is 1.50. The summed E-state index contributed by atoms with van der Waals surface area (Å²) in [7, 11) is 0. The van der Waals surface area contributed by atoms with E-state index >= 15 is 0 Å². The van der Waals surface area contributed by atoms with E-state index in [0.717, 1.165) is 51.4 Å². The minimum absolute atomic E-state index is 0.0358. The first kappa shape index (κ1) is 32.2. The van der Waals surface area contributed by atoms with Gasteiger partial charge >= 0.3 is 0 Å². The van der Waals surface area contributed by atoms with Crippen LogP contribution in [0.1, 0.15) is 104 Å². The van der Waals surface area contributed by atoms with E-state index in [1.165, 1.54) is 0 Å². The molecule has 4 fully saturated rings. The van der Waals surface area contributed by atoms with Crippen molar-refractivity contribution < 1.29 is 29.1 Å². The van der Waals surface area contributed by atoms with E-state index in [0.29, 0.717) is 32.1 Å². The highest BCUT2D eigenvalue weighted by Crippen LogP contribution is 2.49. The first-order valence-electron chi connectivity index (χ1n) is 16.0. The van der Waals surface area contributed by atoms with Crippen molar-refractivity contribution in [2.24, 2.45) is 46.5 Å². The van der Waals surface area contributed by atoms with E-state index in [2.05, 4.69) is 16.0 Å². The molecule has 4 aliphatic rings. The zero-order valence-electron chi connectivity index (χ0n) is 25.5. The van der Waals surface area contributed by atoms with Gasteiger partial charge in [0.2, 0.25) is 23.6 Å². The molecule has 11 heteroatoms. The summed E-state index contributed by atoms with van der Waals surface area (Å²) in [4.78, 5) is 65.5. The van der Waals surface area contributed by atoms with E-state index in [1.807, 2.05) is 6.92 Å². The van der Waals surface area contributed by atoms with Crippen LogP contribution in [0.5, 0.6) is 0 Å². The Bertz CT molecular complexity index is 1050. The third-order valence-electron chi connectivity index (χ3n) is 10.7. The number of amides is 5. The van der Waals surface area contributed by atoms with E-state index in [4.69, 9.17) is 11.5 Å². The van der Waals surface area contributed by atoms with Gasteiger partial charge in [-0.3, -0.25) is 24.0 Å². The molecule has 0 aromatic heterocycles. The number of primary amides is 2. The van der Waals surface area contributed by atoms with Crippen LogP contribution in [-0.2, 0) is 24.0 Å². The van der Waals surface area contributed by atoms with Gasteiger partial charge in [0.05, 0.1) is 17.4 Å². The van der Waals surface area contributed by atoms with Crippen LogP contribution < -0.4 is 27.4 Å². The van der Waals surface area contributed by atoms with Gasteiger partial charge in [-0.2, -0.15) is 0 Å². The summed E-state index contributed by atoms with van der Waals surface area (Å²) >= 11 is 0. The molecule has 4 rings (SSSR count). The molecule has 0 saturated heterocycles. The minimum Gasteiger partial charge on any atom is -0.378 e. The number of carbonyl (C=O) groups is 5. The first-order valence-corrected chi connectivity index (χ1v) is 16.0. The van der Waals surface area contributed by atoms with Gasteiger partial charge in [0, 0.05) is 12.5 Å². The average molecular weight is 590 g/mol. The van der Waals surface area contributed by atoms with Crippen molar-refractivity contribution in [3.63, 3.8) is 0 Å². The Morgan fingerprint density at radius 1 is 0.881 bits per heavy atom. The Labute approximate surface area is 249 Å². The summed E-state index contributed by atoms with van der Waals surface area (Å²) < 4.78 is 0. The number of nitrogens with one attached hydrogen (secondary N) is 3. The molecule has 7 unspecified atom stereocenters. The summed E-state index contributed by atoms with van der Waals surface area (Å²) in [6.45, 7) is 5.00.